The molecule has 1 unspecified atom stereocenters. The predicted octanol–water partition coefficient (Wildman–Crippen LogP) is 4.57. The lowest BCUT2D eigenvalue weighted by atomic mass is 9.77. The molecule has 1 saturated carbocycles. The third kappa shape index (κ3) is 4.87. The van der Waals surface area contributed by atoms with Gasteiger partial charge in [0.25, 0.3) is 0 Å². The Morgan fingerprint density at radius 1 is 1.18 bits per heavy atom. The van der Waals surface area contributed by atoms with Crippen LogP contribution in [0.2, 0.25) is 0 Å². The van der Waals surface area contributed by atoms with Crippen LogP contribution in [0.3, 0.4) is 0 Å². The highest BCUT2D eigenvalue weighted by Gasteiger charge is 2.33. The Bertz CT molecular complexity index is 1130. The third-order valence-corrected chi connectivity index (χ3v) is 7.95. The largest absolute Gasteiger partial charge is 0.368 e. The maximum absolute atomic E-state index is 13.4. The van der Waals surface area contributed by atoms with Crippen LogP contribution in [0.4, 0.5) is 4.39 Å². The number of carbonyl (C=O) groups is 1. The first-order valence-electron chi connectivity index (χ1n) is 12.6. The van der Waals surface area contributed by atoms with E-state index in [1.54, 1.807) is 10.7 Å². The zero-order valence-electron chi connectivity index (χ0n) is 19.8. The van der Waals surface area contributed by atoms with Crippen molar-refractivity contribution >= 4 is 16.9 Å². The van der Waals surface area contributed by atoms with Gasteiger partial charge in [-0.05, 0) is 88.7 Å². The van der Waals surface area contributed by atoms with Crippen LogP contribution in [0.5, 0.6) is 0 Å². The first-order valence-corrected chi connectivity index (χ1v) is 12.6. The Morgan fingerprint density at radius 3 is 2.62 bits per heavy atom. The Morgan fingerprint density at radius 2 is 1.94 bits per heavy atom. The Kier molecular flexibility index (Phi) is 6.68. The van der Waals surface area contributed by atoms with Crippen molar-refractivity contribution in [3.8, 4) is 0 Å². The number of benzene rings is 1. The number of primary amides is 1. The molecule has 1 atom stereocenters. The molecule has 182 valence electrons. The normalized spacial score (nSPS) is 23.4. The Balaban J connectivity index is 1.08. The summed E-state index contributed by atoms with van der Waals surface area (Å²) in [7, 11) is 0. The van der Waals surface area contributed by atoms with Crippen LogP contribution in [-0.2, 0) is 4.79 Å². The number of aryl methyl sites for hydroxylation is 1. The Labute approximate surface area is 199 Å². The van der Waals surface area contributed by atoms with Gasteiger partial charge in [0.05, 0.1) is 11.4 Å². The summed E-state index contributed by atoms with van der Waals surface area (Å²) in [5.41, 5.74) is 8.17. The summed E-state index contributed by atoms with van der Waals surface area (Å²) in [6.07, 6.45) is 9.52. The summed E-state index contributed by atoms with van der Waals surface area (Å²) < 4.78 is 20.6. The molecule has 0 spiro atoms. The number of hydrogen-bond acceptors (Lipinski definition) is 5. The number of amides is 1. The molecular weight excluding hydrogens is 433 g/mol. The zero-order chi connectivity index (χ0) is 23.7. The Hall–Kier alpha value is -2.74. The molecule has 1 amide bonds. The monoisotopic (exact) mass is 467 g/mol. The lowest BCUT2D eigenvalue weighted by Crippen LogP contribution is -2.36. The van der Waals surface area contributed by atoms with Gasteiger partial charge in [0, 0.05) is 23.6 Å². The predicted molar refractivity (Wildman–Crippen MR) is 128 cm³/mol. The summed E-state index contributed by atoms with van der Waals surface area (Å²) in [5.74, 6) is 0.779. The van der Waals surface area contributed by atoms with Crippen molar-refractivity contribution in [1.29, 1.82) is 0 Å². The van der Waals surface area contributed by atoms with Crippen molar-refractivity contribution in [3.05, 3.63) is 47.7 Å². The van der Waals surface area contributed by atoms with E-state index in [9.17, 15) is 9.18 Å². The van der Waals surface area contributed by atoms with E-state index in [0.29, 0.717) is 17.4 Å². The second-order valence-electron chi connectivity index (χ2n) is 10.2. The van der Waals surface area contributed by atoms with Crippen LogP contribution in [-0.4, -0.2) is 45.4 Å². The number of nitrogens with zero attached hydrogens (tertiary/aromatic N) is 4. The first kappa shape index (κ1) is 23.0. The van der Waals surface area contributed by atoms with Crippen LogP contribution >= 0.6 is 0 Å². The van der Waals surface area contributed by atoms with E-state index in [0.717, 1.165) is 74.9 Å². The average Bonchev–Trinajstić information content (AvgIpc) is 3.44. The van der Waals surface area contributed by atoms with Crippen molar-refractivity contribution in [1.82, 2.24) is 19.8 Å². The van der Waals surface area contributed by atoms with Crippen molar-refractivity contribution in [2.75, 3.05) is 19.6 Å². The number of aromatic nitrogens is 3. The smallest absolute Gasteiger partial charge is 0.242 e. The summed E-state index contributed by atoms with van der Waals surface area (Å²) >= 11 is 0. The van der Waals surface area contributed by atoms with Crippen molar-refractivity contribution in [2.24, 2.45) is 17.6 Å². The number of likely N-dealkylation sites (tertiary alicyclic amines) is 1. The van der Waals surface area contributed by atoms with Crippen LogP contribution in [0.15, 0.2) is 35.0 Å². The molecular formula is C26H34FN5O2. The van der Waals surface area contributed by atoms with Crippen LogP contribution in [0.25, 0.3) is 11.0 Å². The van der Waals surface area contributed by atoms with Gasteiger partial charge in [-0.25, -0.2) is 4.39 Å². The molecule has 1 aliphatic heterocycles. The molecule has 1 aromatic carbocycles. The molecule has 0 radical (unpaired) electrons. The summed E-state index contributed by atoms with van der Waals surface area (Å²) in [5, 5.41) is 9.65. The zero-order valence-corrected chi connectivity index (χ0v) is 19.8. The number of carbonyl (C=O) groups excluding carboxylic acids is 1. The van der Waals surface area contributed by atoms with E-state index in [-0.39, 0.29) is 23.7 Å². The average molecular weight is 468 g/mol. The van der Waals surface area contributed by atoms with Gasteiger partial charge in [0.15, 0.2) is 5.58 Å². The lowest BCUT2D eigenvalue weighted by Gasteiger charge is -2.35. The number of hydrogen-bond donors (Lipinski definition) is 1. The van der Waals surface area contributed by atoms with Gasteiger partial charge in [-0.3, -0.25) is 9.48 Å². The fourth-order valence-corrected chi connectivity index (χ4v) is 5.98. The van der Waals surface area contributed by atoms with Crippen LogP contribution in [0, 0.1) is 24.6 Å². The molecule has 5 rings (SSSR count). The molecule has 2 fully saturated rings. The van der Waals surface area contributed by atoms with Gasteiger partial charge in [-0.2, -0.15) is 5.10 Å². The molecule has 34 heavy (non-hydrogen) atoms. The molecule has 2 aliphatic rings. The maximum atomic E-state index is 13.4. The van der Waals surface area contributed by atoms with E-state index >= 15 is 0 Å². The summed E-state index contributed by atoms with van der Waals surface area (Å²) in [4.78, 5) is 14.7. The fourth-order valence-electron chi connectivity index (χ4n) is 5.98. The van der Waals surface area contributed by atoms with Crippen LogP contribution in [0.1, 0.15) is 68.3 Å². The minimum atomic E-state index is -0.335. The topological polar surface area (TPSA) is 90.2 Å². The SMILES string of the molecule is Cc1ccn(C(C(N)=O)C2CCC(CCN3CCC(c4noc5cc(F)ccc45)CC3)CC2)n1. The van der Waals surface area contributed by atoms with Crippen molar-refractivity contribution < 1.29 is 13.7 Å². The first-order chi connectivity index (χ1) is 16.5. The molecule has 0 bridgehead atoms. The number of piperidine rings is 1. The van der Waals surface area contributed by atoms with Gasteiger partial charge in [-0.1, -0.05) is 18.0 Å². The second kappa shape index (κ2) is 9.86. The van der Waals surface area contributed by atoms with E-state index in [2.05, 4.69) is 15.2 Å². The number of fused-ring (bicyclic) bond motifs is 1. The highest BCUT2D eigenvalue weighted by atomic mass is 19.1. The molecule has 1 aliphatic carbocycles. The van der Waals surface area contributed by atoms with Gasteiger partial charge in [-0.15, -0.1) is 0 Å². The molecule has 2 N–H and O–H groups in total. The molecule has 7 nitrogen and oxygen atoms in total. The van der Waals surface area contributed by atoms with E-state index < -0.39 is 0 Å². The van der Waals surface area contributed by atoms with E-state index in [4.69, 9.17) is 10.3 Å². The van der Waals surface area contributed by atoms with E-state index in [1.807, 2.05) is 19.2 Å². The molecule has 3 aromatic rings. The van der Waals surface area contributed by atoms with E-state index in [1.165, 1.54) is 18.6 Å². The minimum Gasteiger partial charge on any atom is -0.368 e. The number of halogens is 1. The summed E-state index contributed by atoms with van der Waals surface area (Å²) in [6, 6.07) is 6.27. The molecule has 1 saturated heterocycles. The highest BCUT2D eigenvalue weighted by Crippen LogP contribution is 2.38. The van der Waals surface area contributed by atoms with Gasteiger partial charge < -0.3 is 15.2 Å². The van der Waals surface area contributed by atoms with Gasteiger partial charge in [0.1, 0.15) is 11.9 Å². The standard InChI is InChI=1S/C26H34FN5O2/c1-17-8-15-32(29-17)25(26(28)33)20-4-2-18(3-5-20)9-12-31-13-10-19(11-14-31)24-22-7-6-21(27)16-23(22)34-30-24/h6-8,15-16,18-20,25H,2-5,9-14H2,1H3,(H2,28,33). The maximum Gasteiger partial charge on any atom is 0.242 e. The highest BCUT2D eigenvalue weighted by molar-refractivity contribution is 5.80. The second-order valence-corrected chi connectivity index (χ2v) is 10.2. The molecule has 2 aromatic heterocycles. The number of nitrogens with two attached hydrogens (primary N) is 1. The van der Waals surface area contributed by atoms with Crippen molar-refractivity contribution in [3.63, 3.8) is 0 Å². The van der Waals surface area contributed by atoms with Gasteiger partial charge >= 0.3 is 0 Å². The van der Waals surface area contributed by atoms with Crippen molar-refractivity contribution in [2.45, 2.75) is 63.8 Å². The minimum absolute atomic E-state index is 0.273. The molecule has 3 heterocycles. The lowest BCUT2D eigenvalue weighted by molar-refractivity contribution is -0.123. The van der Waals surface area contributed by atoms with Crippen LogP contribution < -0.4 is 5.73 Å². The number of rotatable bonds is 7. The molecule has 8 heteroatoms. The summed E-state index contributed by atoms with van der Waals surface area (Å²) in [6.45, 7) is 5.16. The van der Waals surface area contributed by atoms with Gasteiger partial charge in [0.2, 0.25) is 5.91 Å². The fraction of sp³-hybridized carbons (Fsp3) is 0.577. The third-order valence-electron chi connectivity index (χ3n) is 7.95. The quantitative estimate of drug-likeness (QED) is 0.550.